The van der Waals surface area contributed by atoms with E-state index in [0.717, 1.165) is 38.8 Å². The minimum Gasteiger partial charge on any atom is -0.379 e. The highest BCUT2D eigenvalue weighted by Gasteiger charge is 2.15. The van der Waals surface area contributed by atoms with Gasteiger partial charge in [0.25, 0.3) is 0 Å². The molecule has 0 aromatic rings. The molecule has 0 saturated carbocycles. The average Bonchev–Trinajstić information content (AvgIpc) is 2.79. The maximum atomic E-state index is 5.32. The summed E-state index contributed by atoms with van der Waals surface area (Å²) >= 11 is 2.10. The predicted octanol–water partition coefficient (Wildman–Crippen LogP) is 0.661. The molecule has 2 aliphatic heterocycles. The van der Waals surface area contributed by atoms with Crippen molar-refractivity contribution in [1.29, 1.82) is 0 Å². The number of hydrogen-bond acceptors (Lipinski definition) is 4. The minimum absolute atomic E-state index is 0.916. The van der Waals surface area contributed by atoms with Crippen LogP contribution in [-0.2, 0) is 4.74 Å². The molecule has 0 aromatic carbocycles. The molecule has 0 aromatic heterocycles. The second-order valence-corrected chi connectivity index (χ2v) is 5.54. The van der Waals surface area contributed by atoms with Crippen LogP contribution in [-0.4, -0.2) is 62.3 Å². The van der Waals surface area contributed by atoms with Crippen LogP contribution in [0.5, 0.6) is 0 Å². The standard InChI is InChI=1S/C11H22N2OS/c1-8-15-10-11(1)9-12-2-3-13-4-6-14-7-5-13/h11-12H,1-10H2. The van der Waals surface area contributed by atoms with Crippen molar-refractivity contribution in [3.8, 4) is 0 Å². The second-order valence-electron chi connectivity index (χ2n) is 4.39. The SMILES string of the molecule is C(CN1CCOCC1)NCC1CCSC1. The maximum Gasteiger partial charge on any atom is 0.0594 e. The molecule has 0 radical (unpaired) electrons. The smallest absolute Gasteiger partial charge is 0.0594 e. The van der Waals surface area contributed by atoms with Gasteiger partial charge in [0.1, 0.15) is 0 Å². The highest BCUT2D eigenvalue weighted by molar-refractivity contribution is 7.99. The van der Waals surface area contributed by atoms with Crippen molar-refractivity contribution >= 4 is 11.8 Å². The van der Waals surface area contributed by atoms with Gasteiger partial charge in [-0.05, 0) is 30.4 Å². The molecular formula is C11H22N2OS. The van der Waals surface area contributed by atoms with Gasteiger partial charge in [-0.25, -0.2) is 0 Å². The summed E-state index contributed by atoms with van der Waals surface area (Å²) in [5.41, 5.74) is 0. The van der Waals surface area contributed by atoms with Gasteiger partial charge in [0.15, 0.2) is 0 Å². The lowest BCUT2D eigenvalue weighted by atomic mass is 10.1. The zero-order chi connectivity index (χ0) is 10.3. The van der Waals surface area contributed by atoms with Gasteiger partial charge in [-0.3, -0.25) is 4.90 Å². The fourth-order valence-electron chi connectivity index (χ4n) is 2.11. The summed E-state index contributed by atoms with van der Waals surface area (Å²) in [6.07, 6.45) is 1.41. The Bertz CT molecular complexity index is 168. The highest BCUT2D eigenvalue weighted by Crippen LogP contribution is 2.22. The van der Waals surface area contributed by atoms with Crippen molar-refractivity contribution in [2.45, 2.75) is 6.42 Å². The van der Waals surface area contributed by atoms with Crippen molar-refractivity contribution < 1.29 is 4.74 Å². The van der Waals surface area contributed by atoms with Gasteiger partial charge in [0.05, 0.1) is 13.2 Å². The van der Waals surface area contributed by atoms with Crippen LogP contribution < -0.4 is 5.32 Å². The van der Waals surface area contributed by atoms with Crippen LogP contribution in [0.4, 0.5) is 0 Å². The molecule has 15 heavy (non-hydrogen) atoms. The second kappa shape index (κ2) is 6.74. The lowest BCUT2D eigenvalue weighted by Gasteiger charge is -2.26. The number of thioether (sulfide) groups is 1. The highest BCUT2D eigenvalue weighted by atomic mass is 32.2. The Morgan fingerprint density at radius 1 is 1.33 bits per heavy atom. The Kier molecular flexibility index (Phi) is 5.26. The van der Waals surface area contributed by atoms with Crippen LogP contribution in [0.15, 0.2) is 0 Å². The lowest BCUT2D eigenvalue weighted by molar-refractivity contribution is 0.0384. The van der Waals surface area contributed by atoms with E-state index in [1.54, 1.807) is 0 Å². The first-order chi connectivity index (χ1) is 7.45. The van der Waals surface area contributed by atoms with E-state index in [2.05, 4.69) is 22.0 Å². The Morgan fingerprint density at radius 2 is 2.20 bits per heavy atom. The maximum absolute atomic E-state index is 5.32. The third kappa shape index (κ3) is 4.31. The molecule has 1 atom stereocenters. The van der Waals surface area contributed by atoms with E-state index < -0.39 is 0 Å². The average molecular weight is 230 g/mol. The van der Waals surface area contributed by atoms with Crippen molar-refractivity contribution in [2.75, 3.05) is 57.4 Å². The van der Waals surface area contributed by atoms with Gasteiger partial charge >= 0.3 is 0 Å². The fourth-order valence-corrected chi connectivity index (χ4v) is 3.40. The third-order valence-corrected chi connectivity index (χ3v) is 4.40. The van der Waals surface area contributed by atoms with Gasteiger partial charge < -0.3 is 10.1 Å². The zero-order valence-corrected chi connectivity index (χ0v) is 10.2. The number of nitrogens with one attached hydrogen (secondary N) is 1. The van der Waals surface area contributed by atoms with E-state index in [-0.39, 0.29) is 0 Å². The van der Waals surface area contributed by atoms with Crippen LogP contribution in [0.2, 0.25) is 0 Å². The van der Waals surface area contributed by atoms with E-state index >= 15 is 0 Å². The molecule has 2 fully saturated rings. The summed E-state index contributed by atoms with van der Waals surface area (Å²) in [5, 5.41) is 3.58. The molecule has 1 N–H and O–H groups in total. The molecule has 2 saturated heterocycles. The Morgan fingerprint density at radius 3 is 2.93 bits per heavy atom. The Hall–Kier alpha value is 0.230. The summed E-state index contributed by atoms with van der Waals surface area (Å²) in [7, 11) is 0. The number of morpholine rings is 1. The quantitative estimate of drug-likeness (QED) is 0.701. The van der Waals surface area contributed by atoms with Crippen molar-refractivity contribution in [1.82, 2.24) is 10.2 Å². The summed E-state index contributed by atoms with van der Waals surface area (Å²) < 4.78 is 5.32. The number of hydrogen-bond donors (Lipinski definition) is 1. The van der Waals surface area contributed by atoms with Gasteiger partial charge in [-0.1, -0.05) is 0 Å². The fraction of sp³-hybridized carbons (Fsp3) is 1.00. The van der Waals surface area contributed by atoms with E-state index in [1.807, 2.05) is 0 Å². The van der Waals surface area contributed by atoms with E-state index in [1.165, 1.54) is 31.0 Å². The molecule has 4 heteroatoms. The monoisotopic (exact) mass is 230 g/mol. The third-order valence-electron chi connectivity index (χ3n) is 3.17. The van der Waals surface area contributed by atoms with Crippen LogP contribution >= 0.6 is 11.8 Å². The number of rotatable bonds is 5. The van der Waals surface area contributed by atoms with E-state index in [4.69, 9.17) is 4.74 Å². The molecule has 0 spiro atoms. The first kappa shape index (κ1) is 11.7. The largest absolute Gasteiger partial charge is 0.379 e. The topological polar surface area (TPSA) is 24.5 Å². The molecule has 88 valence electrons. The van der Waals surface area contributed by atoms with E-state index in [0.29, 0.717) is 0 Å². The van der Waals surface area contributed by atoms with Crippen molar-refractivity contribution in [2.24, 2.45) is 5.92 Å². The lowest BCUT2D eigenvalue weighted by Crippen LogP contribution is -2.40. The predicted molar refractivity (Wildman–Crippen MR) is 65.6 cm³/mol. The van der Waals surface area contributed by atoms with Crippen LogP contribution in [0.3, 0.4) is 0 Å². The molecule has 1 unspecified atom stereocenters. The van der Waals surface area contributed by atoms with E-state index in [9.17, 15) is 0 Å². The van der Waals surface area contributed by atoms with Gasteiger partial charge in [-0.2, -0.15) is 11.8 Å². The van der Waals surface area contributed by atoms with Crippen LogP contribution in [0, 0.1) is 5.92 Å². The molecule has 3 nitrogen and oxygen atoms in total. The normalized spacial score (nSPS) is 28.4. The minimum atomic E-state index is 0.916. The van der Waals surface area contributed by atoms with Gasteiger partial charge in [0.2, 0.25) is 0 Å². The first-order valence-electron chi connectivity index (χ1n) is 6.04. The molecule has 0 aliphatic carbocycles. The number of nitrogens with zero attached hydrogens (tertiary/aromatic N) is 1. The van der Waals surface area contributed by atoms with Crippen molar-refractivity contribution in [3.05, 3.63) is 0 Å². The van der Waals surface area contributed by atoms with Crippen LogP contribution in [0.1, 0.15) is 6.42 Å². The molecular weight excluding hydrogens is 208 g/mol. The molecule has 2 aliphatic rings. The summed E-state index contributed by atoms with van der Waals surface area (Å²) in [5.74, 6) is 3.67. The molecule has 0 amide bonds. The molecule has 2 rings (SSSR count). The summed E-state index contributed by atoms with van der Waals surface area (Å²) in [6.45, 7) is 7.60. The van der Waals surface area contributed by atoms with Gasteiger partial charge in [0, 0.05) is 26.2 Å². The van der Waals surface area contributed by atoms with Crippen LogP contribution in [0.25, 0.3) is 0 Å². The zero-order valence-electron chi connectivity index (χ0n) is 9.41. The first-order valence-corrected chi connectivity index (χ1v) is 7.19. The van der Waals surface area contributed by atoms with Gasteiger partial charge in [-0.15, -0.1) is 0 Å². The number of ether oxygens (including phenoxy) is 1. The summed E-state index contributed by atoms with van der Waals surface area (Å²) in [4.78, 5) is 2.49. The van der Waals surface area contributed by atoms with Crippen molar-refractivity contribution in [3.63, 3.8) is 0 Å². The molecule has 2 heterocycles. The molecule has 0 bridgehead atoms. The Balaban J connectivity index is 1.47. The Labute approximate surface area is 96.9 Å². The summed E-state index contributed by atoms with van der Waals surface area (Å²) in [6, 6.07) is 0.